The van der Waals surface area contributed by atoms with Gasteiger partial charge in [0.15, 0.2) is 5.82 Å². The van der Waals surface area contributed by atoms with E-state index in [2.05, 4.69) is 57.8 Å². The predicted molar refractivity (Wildman–Crippen MR) is 263 cm³/mol. The lowest BCUT2D eigenvalue weighted by Gasteiger charge is -2.30. The lowest BCUT2D eigenvalue weighted by Crippen LogP contribution is -2.61. The minimum Gasteiger partial charge on any atom is -0.508 e. The number of nitrogens with zero attached hydrogens (tertiary/aromatic N) is 4. The van der Waals surface area contributed by atoms with Gasteiger partial charge in [-0.2, -0.15) is 17.0 Å². The number of phenols is 1. The molecule has 2 heterocycles. The van der Waals surface area contributed by atoms with Crippen molar-refractivity contribution in [2.24, 2.45) is 23.3 Å². The van der Waals surface area contributed by atoms with Crippen molar-refractivity contribution >= 4 is 70.8 Å². The number of aromatic nitrogens is 4. The number of tetrazole rings is 1. The third kappa shape index (κ3) is 21.2. The highest BCUT2D eigenvalue weighted by Crippen LogP contribution is 2.16. The van der Waals surface area contributed by atoms with Crippen molar-refractivity contribution in [3.8, 4) is 5.75 Å². The van der Waals surface area contributed by atoms with E-state index in [1.54, 1.807) is 26.0 Å². The Morgan fingerprint density at radius 2 is 1.53 bits per heavy atom. The number of nitrogens with one attached hydrogen (secondary N) is 8. The normalized spacial score (nSPS) is 20.6. The molecule has 13 N–H and O–H groups in total. The molecule has 0 saturated carbocycles. The Morgan fingerprint density at radius 1 is 0.847 bits per heavy atom. The number of benzene rings is 1. The molecule has 3 unspecified atom stereocenters. The Labute approximate surface area is 422 Å². The van der Waals surface area contributed by atoms with E-state index < -0.39 is 121 Å². The molecule has 1 aliphatic heterocycles. The van der Waals surface area contributed by atoms with Gasteiger partial charge >= 0.3 is 0 Å². The summed E-state index contributed by atoms with van der Waals surface area (Å²) in [6.07, 6.45) is 0.746. The second-order valence-corrected chi connectivity index (χ2v) is 19.4. The van der Waals surface area contributed by atoms with Gasteiger partial charge in [0.05, 0.1) is 19.5 Å². The van der Waals surface area contributed by atoms with Gasteiger partial charge in [0.1, 0.15) is 42.0 Å². The van der Waals surface area contributed by atoms with Crippen LogP contribution in [-0.2, 0) is 60.9 Å². The SMILES string of the molecule is CCCCCN(CC(=O)N[C@@H](CC(C)C)C(=O)NCc1nn[nH]n1)C(=O)C1CCSCCC(=O)NC(Cc2ccc(O)cc2)C(=O)N[C@@H]([C@@H](C)CC)C(=O)N[C@@H](CCC(N)=O)C(=O)NC(CC(N)=O)C(=O)N1. The van der Waals surface area contributed by atoms with Crippen LogP contribution in [0, 0.1) is 11.8 Å². The molecular weight excluding hydrogens is 957 g/mol. The number of amides is 10. The molecule has 0 radical (unpaired) electrons. The molecule has 398 valence electrons. The first kappa shape index (κ1) is 59.4. The van der Waals surface area contributed by atoms with Gasteiger partial charge in [-0.05, 0) is 61.0 Å². The smallest absolute Gasteiger partial charge is 0.245 e. The molecule has 1 aliphatic rings. The van der Waals surface area contributed by atoms with E-state index in [9.17, 15) is 53.1 Å². The number of H-pyrrole nitrogens is 1. The number of carbonyl (C=O) groups excluding carboxylic acids is 10. The average Bonchev–Trinajstić information content (AvgIpc) is 3.85. The highest BCUT2D eigenvalue weighted by molar-refractivity contribution is 7.99. The first-order chi connectivity index (χ1) is 34.2. The van der Waals surface area contributed by atoms with Crippen LogP contribution in [0.15, 0.2) is 24.3 Å². The second kappa shape index (κ2) is 30.8. The summed E-state index contributed by atoms with van der Waals surface area (Å²) < 4.78 is 0. The van der Waals surface area contributed by atoms with E-state index in [0.29, 0.717) is 24.8 Å². The Balaban J connectivity index is 2.03. The molecule has 1 fully saturated rings. The van der Waals surface area contributed by atoms with Gasteiger partial charge in [-0.1, -0.05) is 71.2 Å². The molecule has 1 saturated heterocycles. The summed E-state index contributed by atoms with van der Waals surface area (Å²) >= 11 is 1.25. The zero-order chi connectivity index (χ0) is 53.3. The molecule has 25 nitrogen and oxygen atoms in total. The molecule has 10 amide bonds. The highest BCUT2D eigenvalue weighted by atomic mass is 32.2. The van der Waals surface area contributed by atoms with Gasteiger partial charge in [0, 0.05) is 31.6 Å². The third-order valence-electron chi connectivity index (χ3n) is 11.7. The van der Waals surface area contributed by atoms with Gasteiger partial charge < -0.3 is 58.7 Å². The van der Waals surface area contributed by atoms with E-state index >= 15 is 0 Å². The van der Waals surface area contributed by atoms with Crippen LogP contribution in [0.2, 0.25) is 0 Å². The molecule has 72 heavy (non-hydrogen) atoms. The summed E-state index contributed by atoms with van der Waals surface area (Å²) in [6, 6.07) is -2.17. The highest BCUT2D eigenvalue weighted by Gasteiger charge is 2.36. The Morgan fingerprint density at radius 3 is 2.15 bits per heavy atom. The number of primary amides is 2. The van der Waals surface area contributed by atoms with Gasteiger partial charge in [-0.3, -0.25) is 47.9 Å². The lowest BCUT2D eigenvalue weighted by atomic mass is 9.96. The minimum atomic E-state index is -1.72. The monoisotopic (exact) mass is 1030 g/mol. The molecule has 2 aromatic rings. The molecule has 1 aromatic carbocycles. The molecule has 26 heteroatoms. The lowest BCUT2D eigenvalue weighted by molar-refractivity contribution is -0.141. The number of hydrogen-bond acceptors (Lipinski definition) is 15. The summed E-state index contributed by atoms with van der Waals surface area (Å²) in [6.45, 7) is 8.60. The average molecular weight is 1030 g/mol. The quantitative estimate of drug-likeness (QED) is 0.0595. The fourth-order valence-electron chi connectivity index (χ4n) is 7.50. The predicted octanol–water partition coefficient (Wildman–Crippen LogP) is -1.55. The number of nitrogens with two attached hydrogens (primary N) is 2. The zero-order valence-corrected chi connectivity index (χ0v) is 42.4. The van der Waals surface area contributed by atoms with Crippen LogP contribution in [0.5, 0.6) is 5.75 Å². The summed E-state index contributed by atoms with van der Waals surface area (Å²) in [4.78, 5) is 137. The third-order valence-corrected chi connectivity index (χ3v) is 12.7. The van der Waals surface area contributed by atoms with E-state index in [0.717, 1.165) is 6.42 Å². The van der Waals surface area contributed by atoms with Crippen molar-refractivity contribution in [2.45, 2.75) is 148 Å². The topological polar surface area (TPSA) is 385 Å². The zero-order valence-electron chi connectivity index (χ0n) is 41.6. The van der Waals surface area contributed by atoms with Crippen molar-refractivity contribution < 1.29 is 53.1 Å². The molecular formula is C46H72N14O11S. The van der Waals surface area contributed by atoms with E-state index in [4.69, 9.17) is 11.5 Å². The summed E-state index contributed by atoms with van der Waals surface area (Å²) in [5.74, 6) is -7.92. The van der Waals surface area contributed by atoms with Crippen LogP contribution < -0.4 is 48.7 Å². The van der Waals surface area contributed by atoms with E-state index in [1.807, 2.05) is 20.8 Å². The first-order valence-corrected chi connectivity index (χ1v) is 25.4. The van der Waals surface area contributed by atoms with Crippen molar-refractivity contribution in [3.63, 3.8) is 0 Å². The number of hydrogen-bond donors (Lipinski definition) is 11. The largest absolute Gasteiger partial charge is 0.508 e. The molecule has 1 aromatic heterocycles. The van der Waals surface area contributed by atoms with Crippen LogP contribution in [0.25, 0.3) is 0 Å². The van der Waals surface area contributed by atoms with Gasteiger partial charge in [0.25, 0.3) is 0 Å². The summed E-state index contributed by atoms with van der Waals surface area (Å²) in [5.41, 5.74) is 11.6. The molecule has 7 atom stereocenters. The maximum Gasteiger partial charge on any atom is 0.245 e. The van der Waals surface area contributed by atoms with Gasteiger partial charge in [-0.25, -0.2) is 0 Å². The van der Waals surface area contributed by atoms with Crippen molar-refractivity contribution in [2.75, 3.05) is 24.6 Å². The van der Waals surface area contributed by atoms with Crippen molar-refractivity contribution in [1.29, 1.82) is 0 Å². The Kier molecular flexibility index (Phi) is 25.4. The number of rotatable bonds is 22. The number of unbranched alkanes of at least 4 members (excludes halogenated alkanes) is 2. The molecule has 0 spiro atoms. The van der Waals surface area contributed by atoms with E-state index in [-0.39, 0.29) is 74.2 Å². The van der Waals surface area contributed by atoms with Crippen LogP contribution in [0.1, 0.15) is 110 Å². The summed E-state index contributed by atoms with van der Waals surface area (Å²) in [5, 5.41) is 41.8. The number of phenolic OH excluding ortho intramolecular Hbond substituents is 1. The molecule has 3 rings (SSSR count). The van der Waals surface area contributed by atoms with Crippen molar-refractivity contribution in [1.82, 2.24) is 62.7 Å². The molecule has 0 aliphatic carbocycles. The number of aromatic hydroxyl groups is 1. The number of thioether (sulfide) groups is 1. The van der Waals surface area contributed by atoms with Crippen LogP contribution in [0.4, 0.5) is 0 Å². The Bertz CT molecular complexity index is 2150. The maximum atomic E-state index is 14.7. The fraction of sp³-hybridized carbons (Fsp3) is 0.630. The minimum absolute atomic E-state index is 0.0193. The van der Waals surface area contributed by atoms with Crippen LogP contribution >= 0.6 is 11.8 Å². The summed E-state index contributed by atoms with van der Waals surface area (Å²) in [7, 11) is 0. The maximum absolute atomic E-state index is 14.7. The van der Waals surface area contributed by atoms with Crippen molar-refractivity contribution in [3.05, 3.63) is 35.7 Å². The first-order valence-electron chi connectivity index (χ1n) is 24.2. The Hall–Kier alpha value is -6.86. The number of aromatic amines is 1. The van der Waals surface area contributed by atoms with Crippen LogP contribution in [-0.4, -0.2) is 151 Å². The van der Waals surface area contributed by atoms with Crippen LogP contribution in [0.3, 0.4) is 0 Å². The second-order valence-electron chi connectivity index (χ2n) is 18.1. The number of carbonyl (C=O) groups is 10. The molecule has 0 bridgehead atoms. The fourth-order valence-corrected chi connectivity index (χ4v) is 8.44. The standard InChI is InChI=1S/C46H72N14O11S/c1-6-8-9-18-60(25-39(65)51-32(21-26(3)4)41(66)49-24-37-56-58-59-57-37)46(71)31-16-19-72-20-17-38(64)50-33(22-28-10-12-29(61)13-11-28)44(69)55-40(27(5)7-2)45(70)52-30(14-15-35(47)62)42(67)54-34(23-36(48)63)43(68)53-31/h10-13,26-27,30-34,40,61H,6-9,14-25H2,1-5H3,(H2,47,62)(H2,48,63)(H,49,66)(H,50,64)(H,51,65)(H,52,70)(H,53,68)(H,54,67)(H,55,69)(H,56,57,58,59)/t27-,30-,31?,32-,33?,34?,40-/m0/s1. The van der Waals surface area contributed by atoms with Gasteiger partial charge in [0.2, 0.25) is 59.1 Å². The van der Waals surface area contributed by atoms with E-state index in [1.165, 1.54) is 28.8 Å². The van der Waals surface area contributed by atoms with Gasteiger partial charge in [-0.15, -0.1) is 10.2 Å².